The van der Waals surface area contributed by atoms with Crippen molar-refractivity contribution < 1.29 is 27.5 Å². The summed E-state index contributed by atoms with van der Waals surface area (Å²) in [5.74, 6) is -0.102. The molecule has 0 saturated carbocycles. The van der Waals surface area contributed by atoms with Crippen LogP contribution < -0.4 is 19.1 Å². The van der Waals surface area contributed by atoms with Gasteiger partial charge in [0.05, 0.1) is 26.2 Å². The molecule has 3 aromatic rings. The molecule has 0 bridgehead atoms. The van der Waals surface area contributed by atoms with Crippen LogP contribution in [0.25, 0.3) is 0 Å². The molecule has 0 radical (unpaired) electrons. The standard InChI is InChI=1S/C30H37N3O6S/c1-22(2)31-30(35)26(18-23-12-8-6-9-13-23)32(20-24-14-10-7-11-15-24)29(34)21-33(40(5,36)37)25-16-17-27(38-3)28(19-25)39-4/h6-17,19,22,26H,18,20-21H2,1-5H3,(H,31,35). The van der Waals surface area contributed by atoms with Crippen LogP contribution in [0.3, 0.4) is 0 Å². The minimum absolute atomic E-state index is 0.117. The van der Waals surface area contributed by atoms with Gasteiger partial charge in [-0.05, 0) is 37.1 Å². The summed E-state index contributed by atoms with van der Waals surface area (Å²) < 4.78 is 37.5. The van der Waals surface area contributed by atoms with Gasteiger partial charge in [0.1, 0.15) is 12.6 Å². The number of nitrogens with one attached hydrogen (secondary N) is 1. The Kier molecular flexibility index (Phi) is 10.6. The van der Waals surface area contributed by atoms with Crippen LogP contribution in [0, 0.1) is 0 Å². The Morgan fingerprint density at radius 2 is 1.43 bits per heavy atom. The van der Waals surface area contributed by atoms with E-state index >= 15 is 0 Å². The molecule has 0 spiro atoms. The van der Waals surface area contributed by atoms with E-state index in [2.05, 4.69) is 5.32 Å². The Morgan fingerprint density at radius 1 is 0.850 bits per heavy atom. The van der Waals surface area contributed by atoms with E-state index in [0.717, 1.165) is 21.7 Å². The fourth-order valence-corrected chi connectivity index (χ4v) is 5.15. The minimum atomic E-state index is -3.90. The lowest BCUT2D eigenvalue weighted by atomic mass is 10.0. The van der Waals surface area contributed by atoms with Gasteiger partial charge in [-0.25, -0.2) is 8.42 Å². The topological polar surface area (TPSA) is 105 Å². The zero-order valence-electron chi connectivity index (χ0n) is 23.5. The maximum atomic E-state index is 14.1. The smallest absolute Gasteiger partial charge is 0.244 e. The van der Waals surface area contributed by atoms with Crippen LogP contribution in [-0.4, -0.2) is 64.2 Å². The highest BCUT2D eigenvalue weighted by atomic mass is 32.2. The Bertz CT molecular complexity index is 1380. The second-order valence-electron chi connectivity index (χ2n) is 9.68. The molecule has 0 aliphatic heterocycles. The summed E-state index contributed by atoms with van der Waals surface area (Å²) in [6, 6.07) is 22.3. The third-order valence-electron chi connectivity index (χ3n) is 6.23. The third kappa shape index (κ3) is 8.22. The molecular formula is C30H37N3O6S. The predicted octanol–water partition coefficient (Wildman–Crippen LogP) is 3.63. The first kappa shape index (κ1) is 30.5. The van der Waals surface area contributed by atoms with Gasteiger partial charge >= 0.3 is 0 Å². The first-order chi connectivity index (χ1) is 19.0. The molecule has 0 aliphatic carbocycles. The van der Waals surface area contributed by atoms with Crippen molar-refractivity contribution in [2.24, 2.45) is 0 Å². The van der Waals surface area contributed by atoms with E-state index < -0.39 is 28.5 Å². The van der Waals surface area contributed by atoms with Crippen molar-refractivity contribution in [1.29, 1.82) is 0 Å². The molecule has 1 unspecified atom stereocenters. The van der Waals surface area contributed by atoms with E-state index in [0.29, 0.717) is 11.5 Å². The second kappa shape index (κ2) is 13.8. The Morgan fingerprint density at radius 3 is 1.95 bits per heavy atom. The summed E-state index contributed by atoms with van der Waals surface area (Å²) in [6.45, 7) is 3.31. The van der Waals surface area contributed by atoms with Gasteiger partial charge < -0.3 is 19.7 Å². The maximum Gasteiger partial charge on any atom is 0.244 e. The van der Waals surface area contributed by atoms with Crippen molar-refractivity contribution in [3.8, 4) is 11.5 Å². The number of hydrogen-bond acceptors (Lipinski definition) is 6. The number of amides is 2. The van der Waals surface area contributed by atoms with E-state index in [-0.39, 0.29) is 30.6 Å². The van der Waals surface area contributed by atoms with Gasteiger partial charge in [0.25, 0.3) is 0 Å². The number of anilines is 1. The lowest BCUT2D eigenvalue weighted by Gasteiger charge is -2.34. The molecule has 0 saturated heterocycles. The molecule has 214 valence electrons. The summed E-state index contributed by atoms with van der Waals surface area (Å²) in [5, 5.41) is 2.93. The number of hydrogen-bond donors (Lipinski definition) is 1. The number of sulfonamides is 1. The minimum Gasteiger partial charge on any atom is -0.493 e. The lowest BCUT2D eigenvalue weighted by molar-refractivity contribution is -0.140. The van der Waals surface area contributed by atoms with Gasteiger partial charge in [0.15, 0.2) is 11.5 Å². The number of methoxy groups -OCH3 is 2. The molecule has 9 nitrogen and oxygen atoms in total. The zero-order chi connectivity index (χ0) is 29.3. The van der Waals surface area contributed by atoms with E-state index in [1.54, 1.807) is 12.1 Å². The Hall–Kier alpha value is -4.05. The predicted molar refractivity (Wildman–Crippen MR) is 156 cm³/mol. The molecule has 0 heterocycles. The first-order valence-electron chi connectivity index (χ1n) is 12.9. The van der Waals surface area contributed by atoms with Gasteiger partial charge in [-0.2, -0.15) is 0 Å². The van der Waals surface area contributed by atoms with E-state index in [1.807, 2.05) is 74.5 Å². The largest absolute Gasteiger partial charge is 0.493 e. The molecule has 0 aromatic heterocycles. The van der Waals surface area contributed by atoms with Gasteiger partial charge in [-0.3, -0.25) is 13.9 Å². The normalized spacial score (nSPS) is 11.9. The number of nitrogens with zero attached hydrogens (tertiary/aromatic N) is 2. The Balaban J connectivity index is 2.05. The summed E-state index contributed by atoms with van der Waals surface area (Å²) in [7, 11) is -0.976. The third-order valence-corrected chi connectivity index (χ3v) is 7.37. The van der Waals surface area contributed by atoms with E-state index in [4.69, 9.17) is 9.47 Å². The molecule has 10 heteroatoms. The van der Waals surface area contributed by atoms with E-state index in [1.165, 1.54) is 25.2 Å². The number of ether oxygens (including phenoxy) is 2. The molecular weight excluding hydrogens is 530 g/mol. The quantitative estimate of drug-likeness (QED) is 0.338. The van der Waals surface area contributed by atoms with Crippen LogP contribution in [0.1, 0.15) is 25.0 Å². The Labute approximate surface area is 236 Å². The average molecular weight is 568 g/mol. The van der Waals surface area contributed by atoms with Crippen LogP contribution in [0.4, 0.5) is 5.69 Å². The van der Waals surface area contributed by atoms with Crippen LogP contribution in [-0.2, 0) is 32.6 Å². The van der Waals surface area contributed by atoms with Gasteiger partial charge in [-0.1, -0.05) is 60.7 Å². The van der Waals surface area contributed by atoms with Gasteiger partial charge in [-0.15, -0.1) is 0 Å². The average Bonchev–Trinajstić information content (AvgIpc) is 2.93. The number of rotatable bonds is 13. The molecule has 0 fully saturated rings. The molecule has 2 amide bonds. The maximum absolute atomic E-state index is 14.1. The first-order valence-corrected chi connectivity index (χ1v) is 14.8. The molecule has 1 N–H and O–H groups in total. The lowest BCUT2D eigenvalue weighted by Crippen LogP contribution is -2.54. The molecule has 0 aliphatic rings. The second-order valence-corrected chi connectivity index (χ2v) is 11.6. The zero-order valence-corrected chi connectivity index (χ0v) is 24.4. The fourth-order valence-electron chi connectivity index (χ4n) is 4.31. The summed E-state index contributed by atoms with van der Waals surface area (Å²) in [5.41, 5.74) is 1.92. The number of carbonyl (C=O) groups excluding carboxylic acids is 2. The highest BCUT2D eigenvalue weighted by Crippen LogP contribution is 2.32. The van der Waals surface area contributed by atoms with Crippen LogP contribution in [0.15, 0.2) is 78.9 Å². The van der Waals surface area contributed by atoms with Crippen molar-refractivity contribution in [3.05, 3.63) is 90.0 Å². The number of benzene rings is 3. The summed E-state index contributed by atoms with van der Waals surface area (Å²) in [6.07, 6.45) is 1.29. The van der Waals surface area contributed by atoms with Crippen LogP contribution >= 0.6 is 0 Å². The van der Waals surface area contributed by atoms with Gasteiger partial charge in [0, 0.05) is 25.1 Å². The van der Waals surface area contributed by atoms with Gasteiger partial charge in [0.2, 0.25) is 21.8 Å². The van der Waals surface area contributed by atoms with Crippen LogP contribution in [0.5, 0.6) is 11.5 Å². The highest BCUT2D eigenvalue weighted by molar-refractivity contribution is 7.92. The molecule has 3 rings (SSSR count). The van der Waals surface area contributed by atoms with Crippen molar-refractivity contribution in [2.75, 3.05) is 31.3 Å². The van der Waals surface area contributed by atoms with Crippen molar-refractivity contribution in [2.45, 2.75) is 38.9 Å². The summed E-state index contributed by atoms with van der Waals surface area (Å²) >= 11 is 0. The monoisotopic (exact) mass is 567 g/mol. The number of carbonyl (C=O) groups is 2. The van der Waals surface area contributed by atoms with E-state index in [9.17, 15) is 18.0 Å². The van der Waals surface area contributed by atoms with Crippen molar-refractivity contribution in [3.63, 3.8) is 0 Å². The van der Waals surface area contributed by atoms with Crippen molar-refractivity contribution >= 4 is 27.5 Å². The molecule has 40 heavy (non-hydrogen) atoms. The molecule has 3 aromatic carbocycles. The highest BCUT2D eigenvalue weighted by Gasteiger charge is 2.33. The molecule has 1 atom stereocenters. The van der Waals surface area contributed by atoms with Crippen LogP contribution in [0.2, 0.25) is 0 Å². The van der Waals surface area contributed by atoms with Crippen molar-refractivity contribution in [1.82, 2.24) is 10.2 Å². The fraction of sp³-hybridized carbons (Fsp3) is 0.333. The SMILES string of the molecule is COc1ccc(N(CC(=O)N(Cc2ccccc2)C(Cc2ccccc2)C(=O)NC(C)C)S(C)(=O)=O)cc1OC. The summed E-state index contributed by atoms with van der Waals surface area (Å²) in [4.78, 5) is 29.1.